The topological polar surface area (TPSA) is 80.9 Å². The van der Waals surface area contributed by atoms with E-state index in [0.29, 0.717) is 35.3 Å². The van der Waals surface area contributed by atoms with Crippen LogP contribution < -0.4 is 4.90 Å². The third-order valence-electron chi connectivity index (χ3n) is 7.00. The summed E-state index contributed by atoms with van der Waals surface area (Å²) in [7, 11) is 1.04. The fourth-order valence-electron chi connectivity index (χ4n) is 5.02. The summed E-state index contributed by atoms with van der Waals surface area (Å²) in [6.45, 7) is 7.48. The molecule has 0 aliphatic carbocycles. The number of nitrogens with zero attached hydrogens (tertiary/aromatic N) is 4. The van der Waals surface area contributed by atoms with Crippen LogP contribution in [0.25, 0.3) is 21.7 Å². The molecule has 1 aromatic carbocycles. The molecule has 0 spiro atoms. The molecule has 5 rings (SSSR count). The Kier molecular flexibility index (Phi) is 6.18. The lowest BCUT2D eigenvalue weighted by atomic mass is 9.93. The van der Waals surface area contributed by atoms with Crippen LogP contribution in [0.1, 0.15) is 46.1 Å². The van der Waals surface area contributed by atoms with Crippen molar-refractivity contribution in [2.24, 2.45) is 0 Å². The average molecular weight is 539 g/mol. The van der Waals surface area contributed by atoms with Crippen LogP contribution in [0.4, 0.5) is 24.0 Å². The highest BCUT2D eigenvalue weighted by atomic mass is 32.1. The van der Waals surface area contributed by atoms with E-state index in [2.05, 4.69) is 9.97 Å². The molecule has 37 heavy (non-hydrogen) atoms. The number of ether oxygens (including phenoxy) is 2. The molecule has 2 aromatic heterocycles. The van der Waals surface area contributed by atoms with Gasteiger partial charge in [0.15, 0.2) is 11.2 Å². The van der Waals surface area contributed by atoms with Crippen molar-refractivity contribution < 1.29 is 31.9 Å². The molecule has 2 bridgehead atoms. The molecule has 2 saturated heterocycles. The number of aromatic nitrogens is 2. The molecule has 0 radical (unpaired) electrons. The summed E-state index contributed by atoms with van der Waals surface area (Å²) in [6, 6.07) is 2.94. The Morgan fingerprint density at radius 2 is 1.81 bits per heavy atom. The summed E-state index contributed by atoms with van der Waals surface area (Å²) in [5.74, 6) is 0. The second kappa shape index (κ2) is 8.87. The summed E-state index contributed by atoms with van der Waals surface area (Å²) in [6.07, 6.45) is -1.75. The predicted octanol–water partition coefficient (Wildman–Crippen LogP) is 5.96. The Bertz CT molecular complexity index is 1290. The zero-order chi connectivity index (χ0) is 26.8. The Balaban J connectivity index is 1.52. The van der Waals surface area contributed by atoms with Gasteiger partial charge in [0, 0.05) is 31.8 Å². The first-order chi connectivity index (χ1) is 17.3. The highest BCUT2D eigenvalue weighted by Gasteiger charge is 2.53. The van der Waals surface area contributed by atoms with E-state index >= 15 is 0 Å². The Morgan fingerprint density at radius 3 is 2.35 bits per heavy atom. The fourth-order valence-corrected chi connectivity index (χ4v) is 5.67. The van der Waals surface area contributed by atoms with Gasteiger partial charge >= 0.3 is 12.3 Å². The predicted molar refractivity (Wildman–Crippen MR) is 133 cm³/mol. The monoisotopic (exact) mass is 538 g/mol. The number of carbonyl (C=O) groups is 1. The van der Waals surface area contributed by atoms with E-state index in [4.69, 9.17) is 13.9 Å². The van der Waals surface area contributed by atoms with Crippen molar-refractivity contribution in [1.82, 2.24) is 14.9 Å². The third-order valence-corrected chi connectivity index (χ3v) is 7.80. The highest BCUT2D eigenvalue weighted by Crippen LogP contribution is 2.45. The molecule has 8 nitrogen and oxygen atoms in total. The number of benzene rings is 1. The lowest BCUT2D eigenvalue weighted by molar-refractivity contribution is -0.269. The molecule has 3 aromatic rings. The van der Waals surface area contributed by atoms with Crippen LogP contribution in [0.15, 0.2) is 28.1 Å². The van der Waals surface area contributed by atoms with Gasteiger partial charge in [-0.1, -0.05) is 0 Å². The Hall–Kier alpha value is -2.86. The van der Waals surface area contributed by atoms with Gasteiger partial charge in [0.25, 0.3) is 6.01 Å². The minimum Gasteiger partial charge on any atom is -0.444 e. The van der Waals surface area contributed by atoms with Gasteiger partial charge in [-0.15, -0.1) is 11.3 Å². The van der Waals surface area contributed by atoms with Gasteiger partial charge in [-0.05, 0) is 58.2 Å². The number of amides is 1. The summed E-state index contributed by atoms with van der Waals surface area (Å²) < 4.78 is 58.8. The second-order valence-corrected chi connectivity index (χ2v) is 11.5. The van der Waals surface area contributed by atoms with Crippen molar-refractivity contribution in [2.75, 3.05) is 25.1 Å². The van der Waals surface area contributed by atoms with E-state index in [1.807, 2.05) is 25.7 Å². The second-order valence-electron chi connectivity index (χ2n) is 10.6. The van der Waals surface area contributed by atoms with E-state index in [1.165, 1.54) is 23.5 Å². The largest absolute Gasteiger partial charge is 0.444 e. The van der Waals surface area contributed by atoms with Gasteiger partial charge in [-0.2, -0.15) is 18.2 Å². The number of oxazole rings is 1. The van der Waals surface area contributed by atoms with Crippen molar-refractivity contribution in [3.63, 3.8) is 0 Å². The molecule has 12 heteroatoms. The molecule has 4 heterocycles. The number of hydrogen-bond acceptors (Lipinski definition) is 8. The number of alkyl halides is 3. The number of hydrogen-bond donors (Lipinski definition) is 0. The minimum atomic E-state index is -4.65. The first-order valence-electron chi connectivity index (χ1n) is 12.0. The fraction of sp³-hybridized carbons (Fsp3) is 0.560. The van der Waals surface area contributed by atoms with Crippen LogP contribution in [0.3, 0.4) is 0 Å². The van der Waals surface area contributed by atoms with Crippen LogP contribution in [-0.4, -0.2) is 65.0 Å². The third kappa shape index (κ3) is 4.54. The molecule has 3 unspecified atom stereocenters. The first kappa shape index (κ1) is 25.8. The smallest absolute Gasteiger partial charge is 0.421 e. The average Bonchev–Trinajstić information content (AvgIpc) is 3.54. The highest BCUT2D eigenvalue weighted by molar-refractivity contribution is 7.13. The van der Waals surface area contributed by atoms with Crippen molar-refractivity contribution in [3.05, 3.63) is 29.3 Å². The molecular formula is C25H29F3N4O4S. The lowest BCUT2D eigenvalue weighted by Gasteiger charge is -2.40. The number of piperazine rings is 1. The molecule has 3 atom stereocenters. The lowest BCUT2D eigenvalue weighted by Crippen LogP contribution is -2.56. The van der Waals surface area contributed by atoms with E-state index in [-0.39, 0.29) is 29.3 Å². The minimum absolute atomic E-state index is 0.0698. The van der Waals surface area contributed by atoms with E-state index in [1.54, 1.807) is 16.5 Å². The maximum absolute atomic E-state index is 14.0. The molecule has 0 saturated carbocycles. The van der Waals surface area contributed by atoms with Crippen molar-refractivity contribution in [2.45, 2.75) is 70.0 Å². The first-order valence-corrected chi connectivity index (χ1v) is 12.9. The normalized spacial score (nSPS) is 21.9. The van der Waals surface area contributed by atoms with Crippen LogP contribution in [0.5, 0.6) is 0 Å². The van der Waals surface area contributed by atoms with Crippen molar-refractivity contribution in [3.8, 4) is 10.6 Å². The van der Waals surface area contributed by atoms with Crippen molar-refractivity contribution >= 4 is 34.5 Å². The van der Waals surface area contributed by atoms with Gasteiger partial charge < -0.3 is 18.8 Å². The number of halogens is 3. The molecular weight excluding hydrogens is 509 g/mol. The molecule has 1 amide bonds. The molecule has 2 aliphatic rings. The van der Waals surface area contributed by atoms with Crippen LogP contribution in [-0.2, 0) is 15.1 Å². The van der Waals surface area contributed by atoms with E-state index in [9.17, 15) is 18.0 Å². The van der Waals surface area contributed by atoms with Gasteiger partial charge in [-0.25, -0.2) is 9.78 Å². The van der Waals surface area contributed by atoms with Crippen LogP contribution in [0, 0.1) is 0 Å². The molecule has 0 N–H and O–H groups in total. The van der Waals surface area contributed by atoms with E-state index in [0.717, 1.165) is 26.9 Å². The summed E-state index contributed by atoms with van der Waals surface area (Å²) >= 11 is 1.30. The van der Waals surface area contributed by atoms with Gasteiger partial charge in [-0.3, -0.25) is 4.90 Å². The zero-order valence-electron chi connectivity index (χ0n) is 21.3. The van der Waals surface area contributed by atoms with Crippen molar-refractivity contribution in [1.29, 1.82) is 0 Å². The standard InChI is InChI=1S/C25H29F3N4O4S/c1-23(2,3)36-22(33)32-15-6-7-16(32)13-31(12-15)21-30-18-11-14(24(4,34-5)25(26,27)28)10-17(19(18)35-21)20-29-8-9-37-20/h8-11,15-16H,6-7,12-13H2,1-5H3. The van der Waals surface area contributed by atoms with Gasteiger partial charge in [0.1, 0.15) is 16.1 Å². The van der Waals surface area contributed by atoms with Crippen LogP contribution in [0.2, 0.25) is 0 Å². The summed E-state index contributed by atoms with van der Waals surface area (Å²) in [5, 5.41) is 2.27. The molecule has 2 fully saturated rings. The number of methoxy groups -OCH3 is 1. The summed E-state index contributed by atoms with van der Waals surface area (Å²) in [4.78, 5) is 25.5. The zero-order valence-corrected chi connectivity index (χ0v) is 22.1. The van der Waals surface area contributed by atoms with E-state index < -0.39 is 17.4 Å². The maximum Gasteiger partial charge on any atom is 0.421 e. The Labute approximate surface area is 216 Å². The number of anilines is 1. The number of thiazole rings is 1. The Morgan fingerprint density at radius 1 is 1.14 bits per heavy atom. The number of fused-ring (bicyclic) bond motifs is 3. The molecule has 200 valence electrons. The quantitative estimate of drug-likeness (QED) is 0.405. The van der Waals surface area contributed by atoms with Crippen LogP contribution >= 0.6 is 11.3 Å². The van der Waals surface area contributed by atoms with Gasteiger partial charge in [0.2, 0.25) is 0 Å². The number of carbonyl (C=O) groups excluding carboxylic acids is 1. The molecule has 2 aliphatic heterocycles. The summed E-state index contributed by atoms with van der Waals surface area (Å²) in [5.41, 5.74) is -2.16. The SMILES string of the molecule is COC(C)(c1cc(-c2nccs2)c2oc(N3CC4CCC(C3)N4C(=O)OC(C)(C)C)nc2c1)C(F)(F)F. The van der Waals surface area contributed by atoms with Gasteiger partial charge in [0.05, 0.1) is 17.6 Å². The maximum atomic E-state index is 14.0. The number of rotatable bonds is 4.